The molecular formula is C19H15FN4O. The van der Waals surface area contributed by atoms with Crippen molar-refractivity contribution in [3.8, 4) is 17.4 Å². The van der Waals surface area contributed by atoms with Crippen molar-refractivity contribution < 1.29 is 8.81 Å². The number of hydrogen-bond acceptors (Lipinski definition) is 5. The highest BCUT2D eigenvalue weighted by Crippen LogP contribution is 2.36. The first-order valence-electron chi connectivity index (χ1n) is 7.93. The van der Waals surface area contributed by atoms with Gasteiger partial charge in [-0.2, -0.15) is 5.26 Å². The van der Waals surface area contributed by atoms with Gasteiger partial charge in [-0.25, -0.2) is 9.37 Å². The maximum Gasteiger partial charge on any atom is 0.146 e. The van der Waals surface area contributed by atoms with Gasteiger partial charge in [0, 0.05) is 30.6 Å². The summed E-state index contributed by atoms with van der Waals surface area (Å²) in [7, 11) is 0. The number of aromatic nitrogens is 1. The summed E-state index contributed by atoms with van der Waals surface area (Å²) in [5.74, 6) is 0.499. The second kappa shape index (κ2) is 5.95. The molecule has 0 aliphatic carbocycles. The van der Waals surface area contributed by atoms with E-state index in [0.717, 1.165) is 11.3 Å². The van der Waals surface area contributed by atoms with Crippen molar-refractivity contribution in [2.75, 3.05) is 17.2 Å². The molecule has 25 heavy (non-hydrogen) atoms. The first kappa shape index (κ1) is 15.2. The molecule has 0 atom stereocenters. The fourth-order valence-corrected chi connectivity index (χ4v) is 3.30. The summed E-state index contributed by atoms with van der Waals surface area (Å²) in [4.78, 5) is 6.35. The monoisotopic (exact) mass is 334 g/mol. The van der Waals surface area contributed by atoms with Crippen molar-refractivity contribution in [3.63, 3.8) is 0 Å². The van der Waals surface area contributed by atoms with Gasteiger partial charge in [0.2, 0.25) is 0 Å². The van der Waals surface area contributed by atoms with E-state index >= 15 is 0 Å². The van der Waals surface area contributed by atoms with E-state index in [9.17, 15) is 9.65 Å². The van der Waals surface area contributed by atoms with Gasteiger partial charge in [0.25, 0.3) is 0 Å². The van der Waals surface area contributed by atoms with Crippen LogP contribution in [0.5, 0.6) is 0 Å². The van der Waals surface area contributed by atoms with Crippen molar-refractivity contribution in [2.24, 2.45) is 0 Å². The minimum Gasteiger partial charge on any atom is -0.464 e. The summed E-state index contributed by atoms with van der Waals surface area (Å²) < 4.78 is 19.7. The third-order valence-electron chi connectivity index (χ3n) is 4.45. The molecule has 5 nitrogen and oxygen atoms in total. The van der Waals surface area contributed by atoms with Crippen LogP contribution in [0.3, 0.4) is 0 Å². The summed E-state index contributed by atoms with van der Waals surface area (Å²) in [6, 6.07) is 12.4. The first-order valence-corrected chi connectivity index (χ1v) is 7.93. The third-order valence-corrected chi connectivity index (χ3v) is 4.45. The first-order chi connectivity index (χ1) is 12.2. The van der Waals surface area contributed by atoms with Crippen LogP contribution in [-0.4, -0.2) is 11.5 Å². The Morgan fingerprint density at radius 2 is 2.08 bits per heavy atom. The molecule has 0 fully saturated rings. The zero-order valence-corrected chi connectivity index (χ0v) is 13.4. The highest BCUT2D eigenvalue weighted by atomic mass is 19.1. The summed E-state index contributed by atoms with van der Waals surface area (Å²) in [6.45, 7) is 1.07. The number of anilines is 2. The van der Waals surface area contributed by atoms with E-state index < -0.39 is 0 Å². The van der Waals surface area contributed by atoms with Crippen molar-refractivity contribution >= 4 is 11.5 Å². The molecule has 6 heteroatoms. The van der Waals surface area contributed by atoms with Crippen LogP contribution in [0, 0.1) is 17.1 Å². The predicted octanol–water partition coefficient (Wildman–Crippen LogP) is 3.50. The largest absolute Gasteiger partial charge is 0.464 e. The topological polar surface area (TPSA) is 79.1 Å². The number of hydrogen-bond donors (Lipinski definition) is 1. The van der Waals surface area contributed by atoms with Crippen LogP contribution in [0.25, 0.3) is 11.3 Å². The molecule has 3 heterocycles. The predicted molar refractivity (Wildman–Crippen MR) is 92.2 cm³/mol. The Kier molecular flexibility index (Phi) is 3.62. The fraction of sp³-hybridized carbons (Fsp3) is 0.158. The lowest BCUT2D eigenvalue weighted by Gasteiger charge is -2.32. The number of halogens is 1. The number of nitrogens with two attached hydrogens (primary N) is 1. The molecule has 1 aliphatic heterocycles. The van der Waals surface area contributed by atoms with E-state index in [1.165, 1.54) is 6.07 Å². The molecule has 2 N–H and O–H groups in total. The second-order valence-corrected chi connectivity index (χ2v) is 5.88. The minimum absolute atomic E-state index is 0.201. The van der Waals surface area contributed by atoms with Gasteiger partial charge in [-0.05, 0) is 24.3 Å². The Bertz CT molecular complexity index is 976. The number of nitrogen functional groups attached to an aromatic ring is 1. The van der Waals surface area contributed by atoms with Gasteiger partial charge < -0.3 is 15.1 Å². The number of benzene rings is 1. The van der Waals surface area contributed by atoms with Crippen LogP contribution >= 0.6 is 0 Å². The van der Waals surface area contributed by atoms with E-state index in [0.29, 0.717) is 42.1 Å². The molecule has 0 amide bonds. The summed E-state index contributed by atoms with van der Waals surface area (Å²) in [6.07, 6.45) is 2.17. The zero-order valence-electron chi connectivity index (χ0n) is 13.4. The quantitative estimate of drug-likeness (QED) is 0.776. The number of nitriles is 1. The molecule has 3 aromatic rings. The van der Waals surface area contributed by atoms with Gasteiger partial charge in [0.1, 0.15) is 29.0 Å². The molecule has 0 saturated heterocycles. The average molecular weight is 334 g/mol. The maximum atomic E-state index is 14.2. The number of pyridine rings is 1. The molecule has 124 valence electrons. The second-order valence-electron chi connectivity index (χ2n) is 5.88. The molecule has 0 radical (unpaired) electrons. The van der Waals surface area contributed by atoms with Gasteiger partial charge in [-0.15, -0.1) is 0 Å². The molecular weight excluding hydrogens is 319 g/mol. The van der Waals surface area contributed by atoms with Crippen LogP contribution in [0.15, 0.2) is 47.1 Å². The fourth-order valence-electron chi connectivity index (χ4n) is 3.30. The standard InChI is InChI=1S/C19H15FN4O/c20-14-4-1-2-5-16(14)24-8-7-15-13(11-24)18(17-6-3-9-25-17)12(10-21)19(22)23-15/h1-6,9H,7-8,11H2,(H2,22,23). The lowest BCUT2D eigenvalue weighted by molar-refractivity contribution is 0.579. The Morgan fingerprint density at radius 1 is 1.24 bits per heavy atom. The Labute approximate surface area is 144 Å². The molecule has 0 saturated carbocycles. The van der Waals surface area contributed by atoms with Gasteiger partial charge in [-0.1, -0.05) is 12.1 Å². The van der Waals surface area contributed by atoms with Gasteiger partial charge in [0.15, 0.2) is 0 Å². The highest BCUT2D eigenvalue weighted by molar-refractivity contribution is 5.77. The summed E-state index contributed by atoms with van der Waals surface area (Å²) in [5, 5.41) is 9.54. The number of rotatable bonds is 2. The molecule has 0 unspecified atom stereocenters. The smallest absolute Gasteiger partial charge is 0.146 e. The van der Waals surface area contributed by atoms with Crippen LogP contribution < -0.4 is 10.6 Å². The van der Waals surface area contributed by atoms with Crippen molar-refractivity contribution in [3.05, 3.63) is 65.3 Å². The van der Waals surface area contributed by atoms with Crippen LogP contribution in [0.1, 0.15) is 16.8 Å². The maximum absolute atomic E-state index is 14.2. The SMILES string of the molecule is N#Cc1c(N)nc2c(c1-c1ccco1)CN(c1ccccc1F)CC2. The van der Waals surface area contributed by atoms with E-state index in [1.54, 1.807) is 30.5 Å². The Balaban J connectivity index is 1.87. The van der Waals surface area contributed by atoms with Crippen LogP contribution in [0.4, 0.5) is 15.9 Å². The van der Waals surface area contributed by atoms with E-state index in [4.69, 9.17) is 10.2 Å². The molecule has 2 aromatic heterocycles. The third kappa shape index (κ3) is 2.50. The average Bonchev–Trinajstić information content (AvgIpc) is 3.15. The van der Waals surface area contributed by atoms with E-state index in [-0.39, 0.29) is 11.6 Å². The summed E-state index contributed by atoms with van der Waals surface area (Å²) >= 11 is 0. The zero-order chi connectivity index (χ0) is 17.4. The Hall–Kier alpha value is -3.33. The van der Waals surface area contributed by atoms with E-state index in [2.05, 4.69) is 11.1 Å². The molecule has 0 bridgehead atoms. The normalized spacial score (nSPS) is 13.4. The van der Waals surface area contributed by atoms with Gasteiger partial charge in [-0.3, -0.25) is 0 Å². The molecule has 0 spiro atoms. The van der Waals surface area contributed by atoms with Gasteiger partial charge in [0.05, 0.1) is 17.6 Å². The number of para-hydroxylation sites is 1. The molecule has 4 rings (SSSR count). The Morgan fingerprint density at radius 3 is 2.80 bits per heavy atom. The van der Waals surface area contributed by atoms with Crippen LogP contribution in [0.2, 0.25) is 0 Å². The number of nitrogens with zero attached hydrogens (tertiary/aromatic N) is 3. The van der Waals surface area contributed by atoms with Gasteiger partial charge >= 0.3 is 0 Å². The van der Waals surface area contributed by atoms with Crippen molar-refractivity contribution in [2.45, 2.75) is 13.0 Å². The van der Waals surface area contributed by atoms with Crippen LogP contribution in [-0.2, 0) is 13.0 Å². The number of fused-ring (bicyclic) bond motifs is 1. The number of furan rings is 1. The summed E-state index contributed by atoms with van der Waals surface area (Å²) in [5.41, 5.74) is 9.15. The molecule has 1 aromatic carbocycles. The molecule has 1 aliphatic rings. The van der Waals surface area contributed by atoms with Crippen molar-refractivity contribution in [1.29, 1.82) is 5.26 Å². The van der Waals surface area contributed by atoms with E-state index in [1.807, 2.05) is 11.0 Å². The van der Waals surface area contributed by atoms with Crippen molar-refractivity contribution in [1.82, 2.24) is 4.98 Å². The minimum atomic E-state index is -0.269. The lowest BCUT2D eigenvalue weighted by Crippen LogP contribution is -2.32. The highest BCUT2D eigenvalue weighted by Gasteiger charge is 2.27. The lowest BCUT2D eigenvalue weighted by atomic mass is 9.94.